The van der Waals surface area contributed by atoms with Crippen molar-refractivity contribution in [1.82, 2.24) is 5.32 Å². The third-order valence-electron chi connectivity index (χ3n) is 5.61. The van der Waals surface area contributed by atoms with Crippen LogP contribution in [0.1, 0.15) is 46.0 Å². The minimum atomic E-state index is 0.787. The molecule has 1 heteroatoms. The van der Waals surface area contributed by atoms with Crippen molar-refractivity contribution in [2.24, 2.45) is 29.6 Å². The minimum Gasteiger partial charge on any atom is -0.314 e. The fraction of sp³-hybridized carbons (Fsp3) is 0.875. The van der Waals surface area contributed by atoms with E-state index < -0.39 is 0 Å². The van der Waals surface area contributed by atoms with Crippen molar-refractivity contribution in [3.05, 3.63) is 12.2 Å². The first-order chi connectivity index (χ1) is 8.22. The molecule has 0 aromatic heterocycles. The van der Waals surface area contributed by atoms with E-state index in [4.69, 9.17) is 0 Å². The molecule has 0 radical (unpaired) electrons. The van der Waals surface area contributed by atoms with Crippen molar-refractivity contribution in [2.75, 3.05) is 6.54 Å². The van der Waals surface area contributed by atoms with Gasteiger partial charge in [0, 0.05) is 6.04 Å². The zero-order valence-electron chi connectivity index (χ0n) is 11.4. The molecule has 3 aliphatic rings. The summed E-state index contributed by atoms with van der Waals surface area (Å²) in [4.78, 5) is 0. The van der Waals surface area contributed by atoms with Crippen molar-refractivity contribution in [3.63, 3.8) is 0 Å². The monoisotopic (exact) mass is 233 g/mol. The van der Waals surface area contributed by atoms with Gasteiger partial charge in [-0.2, -0.15) is 0 Å². The summed E-state index contributed by atoms with van der Waals surface area (Å²) in [5.74, 6) is 5.48. The van der Waals surface area contributed by atoms with E-state index in [0.29, 0.717) is 0 Å². The maximum atomic E-state index is 4.05. The van der Waals surface area contributed by atoms with E-state index in [1.807, 2.05) is 0 Å². The van der Waals surface area contributed by atoms with Crippen LogP contribution in [0.15, 0.2) is 12.2 Å². The first-order valence-electron chi connectivity index (χ1n) is 7.60. The molecule has 0 aliphatic heterocycles. The summed E-state index contributed by atoms with van der Waals surface area (Å²) in [5.41, 5.74) is 1.35. The van der Waals surface area contributed by atoms with E-state index in [1.54, 1.807) is 19.3 Å². The van der Waals surface area contributed by atoms with Gasteiger partial charge in [0.05, 0.1) is 0 Å². The van der Waals surface area contributed by atoms with Gasteiger partial charge in [-0.05, 0) is 75.2 Å². The van der Waals surface area contributed by atoms with Gasteiger partial charge in [0.15, 0.2) is 0 Å². The highest BCUT2D eigenvalue weighted by atomic mass is 14.9. The lowest BCUT2D eigenvalue weighted by atomic mass is 9.94. The lowest BCUT2D eigenvalue weighted by Gasteiger charge is -2.21. The largest absolute Gasteiger partial charge is 0.314 e. The molecular formula is C16H27N. The van der Waals surface area contributed by atoms with E-state index in [9.17, 15) is 0 Å². The number of fused-ring (bicyclic) bond motifs is 5. The normalized spacial score (nSPS) is 43.5. The molecule has 0 aromatic carbocycles. The first kappa shape index (κ1) is 11.8. The maximum absolute atomic E-state index is 4.05. The molecule has 0 heterocycles. The number of allylic oxidation sites excluding steroid dienone is 1. The van der Waals surface area contributed by atoms with Crippen LogP contribution in [0.25, 0.3) is 0 Å². The standard InChI is InChI=1S/C16H27N/c1-4-17-13(8-5-10(2)3)16-14-11-6-7-12(9-11)15(14)16/h11-17H,2,4-9H2,1,3H3. The van der Waals surface area contributed by atoms with E-state index in [0.717, 1.165) is 42.2 Å². The highest BCUT2D eigenvalue weighted by Gasteiger charge is 2.66. The van der Waals surface area contributed by atoms with E-state index in [2.05, 4.69) is 25.7 Å². The van der Waals surface area contributed by atoms with Gasteiger partial charge in [0.25, 0.3) is 0 Å². The van der Waals surface area contributed by atoms with Crippen LogP contribution in [0.5, 0.6) is 0 Å². The van der Waals surface area contributed by atoms with Crippen LogP contribution < -0.4 is 5.32 Å². The van der Waals surface area contributed by atoms with Crippen LogP contribution in [0, 0.1) is 29.6 Å². The predicted molar refractivity (Wildman–Crippen MR) is 72.8 cm³/mol. The fourth-order valence-corrected chi connectivity index (χ4v) is 5.03. The summed E-state index contributed by atoms with van der Waals surface area (Å²) >= 11 is 0. The molecule has 17 heavy (non-hydrogen) atoms. The first-order valence-corrected chi connectivity index (χ1v) is 7.60. The number of hydrogen-bond acceptors (Lipinski definition) is 1. The van der Waals surface area contributed by atoms with Crippen molar-refractivity contribution in [2.45, 2.75) is 52.0 Å². The SMILES string of the molecule is C=C(C)CCC(NCC)C1C2C3CCC(C3)C21. The number of hydrogen-bond donors (Lipinski definition) is 1. The maximum Gasteiger partial charge on any atom is 0.0104 e. The van der Waals surface area contributed by atoms with Crippen molar-refractivity contribution in [3.8, 4) is 0 Å². The molecular weight excluding hydrogens is 206 g/mol. The molecule has 1 nitrogen and oxygen atoms in total. The second-order valence-electron chi connectivity index (χ2n) is 6.73. The van der Waals surface area contributed by atoms with Gasteiger partial charge in [-0.1, -0.05) is 12.5 Å². The van der Waals surface area contributed by atoms with Crippen LogP contribution in [0.2, 0.25) is 0 Å². The Morgan fingerprint density at radius 2 is 1.94 bits per heavy atom. The third kappa shape index (κ3) is 1.97. The summed E-state index contributed by atoms with van der Waals surface area (Å²) in [6.45, 7) is 9.60. The number of nitrogens with one attached hydrogen (secondary N) is 1. The molecule has 0 saturated heterocycles. The molecule has 0 spiro atoms. The summed E-state index contributed by atoms with van der Waals surface area (Å²) < 4.78 is 0. The van der Waals surface area contributed by atoms with Crippen molar-refractivity contribution < 1.29 is 0 Å². The quantitative estimate of drug-likeness (QED) is 0.691. The average molecular weight is 233 g/mol. The van der Waals surface area contributed by atoms with Crippen LogP contribution in [0.3, 0.4) is 0 Å². The topological polar surface area (TPSA) is 12.0 Å². The minimum absolute atomic E-state index is 0.787. The Morgan fingerprint density at radius 3 is 2.47 bits per heavy atom. The zero-order chi connectivity index (χ0) is 12.0. The summed E-state index contributed by atoms with van der Waals surface area (Å²) in [6.07, 6.45) is 7.19. The van der Waals surface area contributed by atoms with Crippen LogP contribution >= 0.6 is 0 Å². The zero-order valence-corrected chi connectivity index (χ0v) is 11.4. The Bertz CT molecular complexity index is 293. The Labute approximate surface area is 106 Å². The van der Waals surface area contributed by atoms with Crippen LogP contribution in [0.4, 0.5) is 0 Å². The molecule has 3 rings (SSSR count). The van der Waals surface area contributed by atoms with Gasteiger partial charge >= 0.3 is 0 Å². The Kier molecular flexibility index (Phi) is 3.06. The van der Waals surface area contributed by atoms with E-state index in [-0.39, 0.29) is 0 Å². The molecule has 3 aliphatic carbocycles. The Balaban J connectivity index is 1.60. The van der Waals surface area contributed by atoms with Crippen LogP contribution in [-0.2, 0) is 0 Å². The van der Waals surface area contributed by atoms with Gasteiger partial charge in [-0.3, -0.25) is 0 Å². The van der Waals surface area contributed by atoms with Crippen molar-refractivity contribution >= 4 is 0 Å². The number of rotatable bonds is 6. The second-order valence-corrected chi connectivity index (χ2v) is 6.73. The van der Waals surface area contributed by atoms with Gasteiger partial charge < -0.3 is 5.32 Å². The highest BCUT2D eigenvalue weighted by Crippen LogP contribution is 2.70. The summed E-state index contributed by atoms with van der Waals surface area (Å²) in [5, 5.41) is 3.76. The van der Waals surface area contributed by atoms with E-state index >= 15 is 0 Å². The lowest BCUT2D eigenvalue weighted by molar-refractivity contribution is 0.353. The lowest BCUT2D eigenvalue weighted by Crippen LogP contribution is -2.33. The van der Waals surface area contributed by atoms with Gasteiger partial charge in [0.2, 0.25) is 0 Å². The fourth-order valence-electron chi connectivity index (χ4n) is 5.03. The molecule has 0 amide bonds. The molecule has 2 bridgehead atoms. The van der Waals surface area contributed by atoms with Gasteiger partial charge in [-0.25, -0.2) is 0 Å². The molecule has 0 aromatic rings. The molecule has 96 valence electrons. The second kappa shape index (κ2) is 4.42. The Hall–Kier alpha value is -0.300. The molecule has 1 N–H and O–H groups in total. The molecule has 3 fully saturated rings. The molecule has 5 atom stereocenters. The Morgan fingerprint density at radius 1 is 1.29 bits per heavy atom. The van der Waals surface area contributed by atoms with Crippen molar-refractivity contribution in [1.29, 1.82) is 0 Å². The van der Waals surface area contributed by atoms with Crippen LogP contribution in [-0.4, -0.2) is 12.6 Å². The highest BCUT2D eigenvalue weighted by molar-refractivity contribution is 5.16. The smallest absolute Gasteiger partial charge is 0.0104 e. The van der Waals surface area contributed by atoms with E-state index in [1.165, 1.54) is 18.4 Å². The predicted octanol–water partition coefficient (Wildman–Crippen LogP) is 3.61. The third-order valence-corrected chi connectivity index (χ3v) is 5.61. The average Bonchev–Trinajstić information content (AvgIpc) is 2.73. The summed E-state index contributed by atoms with van der Waals surface area (Å²) in [6, 6.07) is 0.787. The molecule has 3 saturated carbocycles. The summed E-state index contributed by atoms with van der Waals surface area (Å²) in [7, 11) is 0. The molecule has 5 unspecified atom stereocenters. The van der Waals surface area contributed by atoms with Gasteiger partial charge in [-0.15, -0.1) is 6.58 Å². The van der Waals surface area contributed by atoms with Gasteiger partial charge in [0.1, 0.15) is 0 Å².